The lowest BCUT2D eigenvalue weighted by Gasteiger charge is -2.20. The molecule has 0 aliphatic carbocycles. The highest BCUT2D eigenvalue weighted by Gasteiger charge is 2.23. The number of hydrogen-bond donors (Lipinski definition) is 1. The molecule has 0 saturated carbocycles. The molecule has 0 bridgehead atoms. The largest absolute Gasteiger partial charge is 0.379 e. The predicted octanol–water partition coefficient (Wildman–Crippen LogP) is 3.01. The summed E-state index contributed by atoms with van der Waals surface area (Å²) < 4.78 is 6.92. The number of aryl methyl sites for hydroxylation is 1. The van der Waals surface area contributed by atoms with Gasteiger partial charge in [0.25, 0.3) is 5.56 Å². The summed E-state index contributed by atoms with van der Waals surface area (Å²) in [5.74, 6) is 0.753. The predicted molar refractivity (Wildman–Crippen MR) is 109 cm³/mol. The SMILES string of the molecule is CC[C@@H]([NH2+]CCOC)c1nc2ccccc2c(=O)n1-c1ccc(Cl)cc1C. The number of halogens is 1. The van der Waals surface area contributed by atoms with Crippen molar-refractivity contribution in [1.29, 1.82) is 0 Å². The zero-order valence-electron chi connectivity index (χ0n) is 15.9. The van der Waals surface area contributed by atoms with E-state index in [0.29, 0.717) is 17.0 Å². The van der Waals surface area contributed by atoms with Crippen LogP contribution in [-0.4, -0.2) is 29.8 Å². The van der Waals surface area contributed by atoms with Gasteiger partial charge in [-0.3, -0.25) is 9.36 Å². The summed E-state index contributed by atoms with van der Waals surface area (Å²) in [7, 11) is 1.69. The van der Waals surface area contributed by atoms with E-state index in [4.69, 9.17) is 21.3 Å². The monoisotopic (exact) mass is 386 g/mol. The maximum Gasteiger partial charge on any atom is 0.266 e. The molecule has 2 aromatic carbocycles. The lowest BCUT2D eigenvalue weighted by atomic mass is 10.1. The number of para-hydroxylation sites is 1. The smallest absolute Gasteiger partial charge is 0.266 e. The van der Waals surface area contributed by atoms with Crippen molar-refractivity contribution in [2.75, 3.05) is 20.3 Å². The lowest BCUT2D eigenvalue weighted by Crippen LogP contribution is -2.86. The normalized spacial score (nSPS) is 12.4. The molecular formula is C21H25ClN3O2+. The van der Waals surface area contributed by atoms with Crippen LogP contribution in [0.4, 0.5) is 0 Å². The van der Waals surface area contributed by atoms with Crippen LogP contribution in [0.5, 0.6) is 0 Å². The highest BCUT2D eigenvalue weighted by Crippen LogP contribution is 2.22. The van der Waals surface area contributed by atoms with Crippen molar-refractivity contribution < 1.29 is 10.1 Å². The fourth-order valence-corrected chi connectivity index (χ4v) is 3.57. The third-order valence-electron chi connectivity index (χ3n) is 4.75. The Bertz CT molecular complexity index is 1000. The van der Waals surface area contributed by atoms with Gasteiger partial charge in [0.05, 0.1) is 29.7 Å². The number of rotatable bonds is 7. The average molecular weight is 387 g/mol. The second-order valence-electron chi connectivity index (χ2n) is 6.59. The first-order chi connectivity index (χ1) is 13.1. The number of nitrogens with two attached hydrogens (primary N) is 1. The zero-order valence-corrected chi connectivity index (χ0v) is 16.7. The van der Waals surface area contributed by atoms with Crippen LogP contribution in [0.3, 0.4) is 0 Å². The van der Waals surface area contributed by atoms with Crippen molar-refractivity contribution in [2.45, 2.75) is 26.3 Å². The van der Waals surface area contributed by atoms with Crippen LogP contribution in [0.2, 0.25) is 5.02 Å². The highest BCUT2D eigenvalue weighted by atomic mass is 35.5. The molecule has 6 heteroatoms. The number of benzene rings is 2. The van der Waals surface area contributed by atoms with Gasteiger partial charge >= 0.3 is 0 Å². The van der Waals surface area contributed by atoms with Gasteiger partial charge in [0, 0.05) is 18.6 Å². The van der Waals surface area contributed by atoms with Crippen molar-refractivity contribution in [3.8, 4) is 5.69 Å². The van der Waals surface area contributed by atoms with E-state index in [9.17, 15) is 4.79 Å². The van der Waals surface area contributed by atoms with E-state index in [-0.39, 0.29) is 11.6 Å². The van der Waals surface area contributed by atoms with E-state index in [1.165, 1.54) is 0 Å². The zero-order chi connectivity index (χ0) is 19.4. The second-order valence-corrected chi connectivity index (χ2v) is 7.03. The van der Waals surface area contributed by atoms with Gasteiger partial charge in [0.1, 0.15) is 6.04 Å². The molecule has 2 N–H and O–H groups in total. The van der Waals surface area contributed by atoms with Gasteiger partial charge in [-0.15, -0.1) is 0 Å². The average Bonchev–Trinajstić information content (AvgIpc) is 2.66. The third-order valence-corrected chi connectivity index (χ3v) is 4.98. The molecule has 0 radical (unpaired) electrons. The summed E-state index contributed by atoms with van der Waals surface area (Å²) in [4.78, 5) is 18.3. The van der Waals surface area contributed by atoms with Crippen LogP contribution < -0.4 is 10.9 Å². The molecule has 3 rings (SSSR count). The minimum atomic E-state index is -0.0559. The van der Waals surface area contributed by atoms with E-state index in [2.05, 4.69) is 12.2 Å². The summed E-state index contributed by atoms with van der Waals surface area (Å²) in [5.41, 5.74) is 2.42. The molecule has 5 nitrogen and oxygen atoms in total. The minimum Gasteiger partial charge on any atom is -0.379 e. The fraction of sp³-hybridized carbons (Fsp3) is 0.333. The number of quaternary nitrogens is 1. The number of hydrogen-bond acceptors (Lipinski definition) is 3. The van der Waals surface area contributed by atoms with Crippen molar-refractivity contribution in [2.24, 2.45) is 0 Å². The summed E-state index contributed by atoms with van der Waals surface area (Å²) >= 11 is 6.13. The molecule has 27 heavy (non-hydrogen) atoms. The first-order valence-electron chi connectivity index (χ1n) is 9.17. The van der Waals surface area contributed by atoms with Crippen LogP contribution >= 0.6 is 11.6 Å². The molecular weight excluding hydrogens is 362 g/mol. The third kappa shape index (κ3) is 4.05. The number of ether oxygens (including phenoxy) is 1. The quantitative estimate of drug-likeness (QED) is 0.635. The standard InChI is InChI=1S/C21H24ClN3O2/c1-4-17(23-11-12-27-3)20-24-18-8-6-5-7-16(18)21(26)25(20)19-10-9-15(22)13-14(19)2/h5-10,13,17,23H,4,11-12H2,1-3H3/p+1/t17-/m1/s1. The van der Waals surface area contributed by atoms with Gasteiger partial charge in [-0.05, 0) is 42.8 Å². The molecule has 0 unspecified atom stereocenters. The van der Waals surface area contributed by atoms with E-state index >= 15 is 0 Å². The number of methoxy groups -OCH3 is 1. The Labute approximate surface area is 164 Å². The van der Waals surface area contributed by atoms with Crippen molar-refractivity contribution in [3.63, 3.8) is 0 Å². The van der Waals surface area contributed by atoms with Gasteiger partial charge in [-0.1, -0.05) is 30.7 Å². The summed E-state index contributed by atoms with van der Waals surface area (Å²) in [5, 5.41) is 3.45. The van der Waals surface area contributed by atoms with E-state index in [1.54, 1.807) is 11.7 Å². The van der Waals surface area contributed by atoms with Crippen LogP contribution in [0, 0.1) is 6.92 Å². The number of aromatic nitrogens is 2. The second kappa shape index (κ2) is 8.65. The molecule has 0 fully saturated rings. The number of nitrogens with zero attached hydrogens (tertiary/aromatic N) is 2. The Kier molecular flexibility index (Phi) is 6.26. The Balaban J connectivity index is 2.25. The first-order valence-corrected chi connectivity index (χ1v) is 9.55. The van der Waals surface area contributed by atoms with Gasteiger partial charge in [-0.2, -0.15) is 0 Å². The molecule has 0 amide bonds. The van der Waals surface area contributed by atoms with E-state index < -0.39 is 0 Å². The van der Waals surface area contributed by atoms with E-state index in [0.717, 1.165) is 35.6 Å². The van der Waals surface area contributed by atoms with Crippen LogP contribution in [0.1, 0.15) is 30.8 Å². The van der Waals surface area contributed by atoms with Gasteiger partial charge in [0.15, 0.2) is 5.82 Å². The van der Waals surface area contributed by atoms with Gasteiger partial charge < -0.3 is 10.1 Å². The van der Waals surface area contributed by atoms with Gasteiger partial charge in [-0.25, -0.2) is 4.98 Å². The molecule has 142 valence electrons. The summed E-state index contributed by atoms with van der Waals surface area (Å²) in [6.45, 7) is 5.52. The topological polar surface area (TPSA) is 60.7 Å². The minimum absolute atomic E-state index is 0.0486. The maximum absolute atomic E-state index is 13.4. The summed E-state index contributed by atoms with van der Waals surface area (Å²) in [6.07, 6.45) is 0.848. The molecule has 0 saturated heterocycles. The molecule has 0 spiro atoms. The maximum atomic E-state index is 13.4. The van der Waals surface area contributed by atoms with Crippen LogP contribution in [0.25, 0.3) is 16.6 Å². The van der Waals surface area contributed by atoms with E-state index in [1.807, 2.05) is 49.4 Å². The fourth-order valence-electron chi connectivity index (χ4n) is 3.34. The van der Waals surface area contributed by atoms with Crippen molar-refractivity contribution in [3.05, 3.63) is 69.2 Å². The highest BCUT2D eigenvalue weighted by molar-refractivity contribution is 6.30. The Hall–Kier alpha value is -2.21. The van der Waals surface area contributed by atoms with Crippen LogP contribution in [0.15, 0.2) is 47.3 Å². The molecule has 1 aromatic heterocycles. The van der Waals surface area contributed by atoms with Crippen LogP contribution in [-0.2, 0) is 4.74 Å². The van der Waals surface area contributed by atoms with Gasteiger partial charge in [0.2, 0.25) is 0 Å². The number of fused-ring (bicyclic) bond motifs is 1. The Morgan fingerprint density at radius 1 is 1.26 bits per heavy atom. The summed E-state index contributed by atoms with van der Waals surface area (Å²) in [6, 6.07) is 13.1. The Morgan fingerprint density at radius 2 is 2.04 bits per heavy atom. The molecule has 3 aromatic rings. The molecule has 0 aliphatic rings. The molecule has 1 atom stereocenters. The first kappa shape index (κ1) is 19.5. The Morgan fingerprint density at radius 3 is 2.74 bits per heavy atom. The molecule has 0 aliphatic heterocycles. The lowest BCUT2D eigenvalue weighted by molar-refractivity contribution is -0.698. The van der Waals surface area contributed by atoms with Crippen molar-refractivity contribution in [1.82, 2.24) is 9.55 Å². The molecule has 1 heterocycles. The van der Waals surface area contributed by atoms with Crippen molar-refractivity contribution >= 4 is 22.5 Å².